The Kier molecular flexibility index (Phi) is 4.27. The molecule has 0 saturated carbocycles. The van der Waals surface area contributed by atoms with Crippen LogP contribution >= 0.6 is 0 Å². The molecule has 0 radical (unpaired) electrons. The van der Waals surface area contributed by atoms with E-state index in [-0.39, 0.29) is 11.8 Å². The van der Waals surface area contributed by atoms with Crippen molar-refractivity contribution in [2.45, 2.75) is 26.7 Å². The van der Waals surface area contributed by atoms with E-state index in [1.165, 1.54) is 0 Å². The maximum Gasteiger partial charge on any atom is 0.300 e. The van der Waals surface area contributed by atoms with Gasteiger partial charge < -0.3 is 14.2 Å². The highest BCUT2D eigenvalue weighted by Gasteiger charge is 2.27. The Morgan fingerprint density at radius 1 is 1.27 bits per heavy atom. The largest absolute Gasteiger partial charge is 0.422 e. The van der Waals surface area contributed by atoms with Gasteiger partial charge in [0, 0.05) is 38.3 Å². The van der Waals surface area contributed by atoms with Gasteiger partial charge in [0.1, 0.15) is 0 Å². The van der Waals surface area contributed by atoms with Crippen molar-refractivity contribution >= 4 is 23.2 Å². The zero-order valence-corrected chi connectivity index (χ0v) is 13.2. The second-order valence-electron chi connectivity index (χ2n) is 5.65. The van der Waals surface area contributed by atoms with Crippen LogP contribution in [0.15, 0.2) is 22.7 Å². The Bertz CT molecular complexity index is 609. The molecule has 1 saturated heterocycles. The summed E-state index contributed by atoms with van der Waals surface area (Å²) in [5.41, 5.74) is 1.33. The van der Waals surface area contributed by atoms with Crippen LogP contribution in [0.2, 0.25) is 0 Å². The number of aromatic nitrogens is 2. The maximum atomic E-state index is 12.4. The first-order valence-corrected chi connectivity index (χ1v) is 7.98. The van der Waals surface area contributed by atoms with Gasteiger partial charge in [0.05, 0.1) is 0 Å². The van der Waals surface area contributed by atoms with E-state index < -0.39 is 0 Å². The summed E-state index contributed by atoms with van der Waals surface area (Å²) < 4.78 is 5.74. The third-order valence-corrected chi connectivity index (χ3v) is 4.35. The molecule has 0 atom stereocenters. The number of rotatable bonds is 4. The lowest BCUT2D eigenvalue weighted by Crippen LogP contribution is -2.50. The fraction of sp³-hybridized carbons (Fsp3) is 0.562. The number of carbonyl (C=O) groups excluding carboxylic acids is 1. The smallest absolute Gasteiger partial charge is 0.300 e. The maximum absolute atomic E-state index is 12.4. The zero-order valence-electron chi connectivity index (χ0n) is 13.2. The van der Waals surface area contributed by atoms with Crippen molar-refractivity contribution < 1.29 is 9.21 Å². The van der Waals surface area contributed by atoms with Crippen LogP contribution in [0.4, 0.5) is 6.01 Å². The summed E-state index contributed by atoms with van der Waals surface area (Å²) in [5, 5.41) is 0. The third-order valence-electron chi connectivity index (χ3n) is 4.35. The van der Waals surface area contributed by atoms with Gasteiger partial charge in [-0.2, -0.15) is 4.98 Å². The highest BCUT2D eigenvalue weighted by Crippen LogP contribution is 2.22. The second kappa shape index (κ2) is 6.34. The molecule has 22 heavy (non-hydrogen) atoms. The van der Waals surface area contributed by atoms with E-state index in [2.05, 4.69) is 28.7 Å². The summed E-state index contributed by atoms with van der Waals surface area (Å²) in [7, 11) is 0. The molecule has 1 aliphatic rings. The minimum atomic E-state index is 0.153. The van der Waals surface area contributed by atoms with Crippen LogP contribution in [-0.2, 0) is 4.79 Å². The molecule has 1 aliphatic heterocycles. The first kappa shape index (κ1) is 14.8. The molecule has 0 spiro atoms. The SMILES string of the molecule is CCC(CC)C(=O)N1CCN(c2nc3ncccc3o2)CC1. The van der Waals surface area contributed by atoms with Crippen LogP contribution < -0.4 is 4.90 Å². The number of oxazole rings is 1. The average Bonchev–Trinajstić information content (AvgIpc) is 3.00. The molecule has 1 amide bonds. The van der Waals surface area contributed by atoms with E-state index in [9.17, 15) is 4.79 Å². The zero-order chi connectivity index (χ0) is 15.5. The molecule has 3 heterocycles. The number of hydrogen-bond donors (Lipinski definition) is 0. The number of nitrogens with zero attached hydrogens (tertiary/aromatic N) is 4. The van der Waals surface area contributed by atoms with Gasteiger partial charge in [-0.1, -0.05) is 13.8 Å². The molecule has 3 rings (SSSR count). The van der Waals surface area contributed by atoms with Crippen molar-refractivity contribution in [3.8, 4) is 0 Å². The Hall–Kier alpha value is -2.11. The van der Waals surface area contributed by atoms with Crippen LogP contribution in [0.25, 0.3) is 11.2 Å². The summed E-state index contributed by atoms with van der Waals surface area (Å²) in [4.78, 5) is 25.1. The molecule has 0 aromatic carbocycles. The van der Waals surface area contributed by atoms with E-state index in [0.717, 1.165) is 39.0 Å². The Morgan fingerprint density at radius 3 is 2.64 bits per heavy atom. The van der Waals surface area contributed by atoms with Crippen molar-refractivity contribution in [1.82, 2.24) is 14.9 Å². The molecule has 0 aliphatic carbocycles. The van der Waals surface area contributed by atoms with E-state index in [1.807, 2.05) is 17.0 Å². The van der Waals surface area contributed by atoms with Crippen LogP contribution in [0.3, 0.4) is 0 Å². The van der Waals surface area contributed by atoms with Crippen molar-refractivity contribution in [1.29, 1.82) is 0 Å². The predicted molar refractivity (Wildman–Crippen MR) is 84.7 cm³/mol. The molecular weight excluding hydrogens is 280 g/mol. The van der Waals surface area contributed by atoms with Gasteiger partial charge in [-0.3, -0.25) is 4.79 Å². The summed E-state index contributed by atoms with van der Waals surface area (Å²) in [6.45, 7) is 7.10. The fourth-order valence-electron chi connectivity index (χ4n) is 2.91. The van der Waals surface area contributed by atoms with Crippen molar-refractivity contribution in [2.24, 2.45) is 5.92 Å². The predicted octanol–water partition coefficient (Wildman–Crippen LogP) is 2.31. The van der Waals surface area contributed by atoms with Gasteiger partial charge in [-0.15, -0.1) is 0 Å². The summed E-state index contributed by atoms with van der Waals surface area (Å²) in [6.07, 6.45) is 3.53. The van der Waals surface area contributed by atoms with Gasteiger partial charge in [-0.05, 0) is 25.0 Å². The first-order valence-electron chi connectivity index (χ1n) is 7.98. The molecule has 0 unspecified atom stereocenters. The Morgan fingerprint density at radius 2 is 2.00 bits per heavy atom. The highest BCUT2D eigenvalue weighted by atomic mass is 16.4. The van der Waals surface area contributed by atoms with Gasteiger partial charge in [0.2, 0.25) is 11.6 Å². The molecule has 118 valence electrons. The lowest BCUT2D eigenvalue weighted by Gasteiger charge is -2.35. The van der Waals surface area contributed by atoms with Gasteiger partial charge in [0.25, 0.3) is 6.01 Å². The van der Waals surface area contributed by atoms with Crippen molar-refractivity contribution in [3.63, 3.8) is 0 Å². The molecule has 2 aromatic rings. The first-order chi connectivity index (χ1) is 10.7. The number of hydrogen-bond acceptors (Lipinski definition) is 5. The van der Waals surface area contributed by atoms with Gasteiger partial charge in [-0.25, -0.2) is 4.98 Å². The molecule has 6 heteroatoms. The Labute approximate surface area is 130 Å². The lowest BCUT2D eigenvalue weighted by molar-refractivity contribution is -0.136. The highest BCUT2D eigenvalue weighted by molar-refractivity contribution is 5.79. The Balaban J connectivity index is 1.65. The third kappa shape index (κ3) is 2.77. The molecule has 1 fully saturated rings. The van der Waals surface area contributed by atoms with Crippen molar-refractivity contribution in [3.05, 3.63) is 18.3 Å². The lowest BCUT2D eigenvalue weighted by atomic mass is 10.0. The molecule has 6 nitrogen and oxygen atoms in total. The number of pyridine rings is 1. The summed E-state index contributed by atoms with van der Waals surface area (Å²) >= 11 is 0. The number of fused-ring (bicyclic) bond motifs is 1. The standard InChI is InChI=1S/C16H22N4O2/c1-3-12(4-2)15(21)19-8-10-20(11-9-19)16-18-14-13(22-16)6-5-7-17-14/h5-7,12H,3-4,8-11H2,1-2H3. The van der Waals surface area contributed by atoms with Crippen LogP contribution in [0.5, 0.6) is 0 Å². The van der Waals surface area contributed by atoms with Crippen LogP contribution in [0, 0.1) is 5.92 Å². The number of piperazine rings is 1. The summed E-state index contributed by atoms with van der Waals surface area (Å²) in [5.74, 6) is 0.434. The van der Waals surface area contributed by atoms with E-state index in [1.54, 1.807) is 6.20 Å². The van der Waals surface area contributed by atoms with Crippen LogP contribution in [-0.4, -0.2) is 47.0 Å². The van der Waals surface area contributed by atoms with Gasteiger partial charge in [0.15, 0.2) is 5.58 Å². The van der Waals surface area contributed by atoms with E-state index in [0.29, 0.717) is 17.2 Å². The van der Waals surface area contributed by atoms with Crippen molar-refractivity contribution in [2.75, 3.05) is 31.1 Å². The average molecular weight is 302 g/mol. The second-order valence-corrected chi connectivity index (χ2v) is 5.65. The van der Waals surface area contributed by atoms with Crippen LogP contribution in [0.1, 0.15) is 26.7 Å². The quantitative estimate of drug-likeness (QED) is 0.867. The fourth-order valence-corrected chi connectivity index (χ4v) is 2.91. The van der Waals surface area contributed by atoms with E-state index >= 15 is 0 Å². The normalized spacial score (nSPS) is 15.8. The monoisotopic (exact) mass is 302 g/mol. The molecule has 0 N–H and O–H groups in total. The van der Waals surface area contributed by atoms with Gasteiger partial charge >= 0.3 is 0 Å². The minimum absolute atomic E-state index is 0.153. The number of amides is 1. The topological polar surface area (TPSA) is 62.5 Å². The molecular formula is C16H22N4O2. The molecule has 0 bridgehead atoms. The summed E-state index contributed by atoms with van der Waals surface area (Å²) in [6, 6.07) is 4.30. The minimum Gasteiger partial charge on any atom is -0.422 e. The number of carbonyl (C=O) groups is 1. The number of anilines is 1. The molecule has 2 aromatic heterocycles. The van der Waals surface area contributed by atoms with E-state index in [4.69, 9.17) is 4.42 Å².